The van der Waals surface area contributed by atoms with E-state index < -0.39 is 18.1 Å². The van der Waals surface area contributed by atoms with E-state index in [9.17, 15) is 14.4 Å². The normalized spacial score (nSPS) is 18.8. The lowest BCUT2D eigenvalue weighted by molar-refractivity contribution is -0.171. The number of nitrogens with one attached hydrogen (secondary N) is 1. The van der Waals surface area contributed by atoms with Crippen LogP contribution in [0.1, 0.15) is 34.8 Å². The maximum Gasteiger partial charge on any atom is 0.329 e. The monoisotopic (exact) mass is 483 g/mol. The predicted molar refractivity (Wildman–Crippen MR) is 131 cm³/mol. The van der Waals surface area contributed by atoms with Gasteiger partial charge in [-0.1, -0.05) is 60.7 Å². The number of rotatable bonds is 9. The van der Waals surface area contributed by atoms with Crippen LogP contribution in [0, 0.1) is 0 Å². The average molecular weight is 484 g/mol. The molecular weight excluding hydrogens is 458 g/mol. The summed E-state index contributed by atoms with van der Waals surface area (Å²) in [6, 6.07) is 16.7. The quantitative estimate of drug-likeness (QED) is 0.368. The van der Waals surface area contributed by atoms with Gasteiger partial charge in [0.15, 0.2) is 0 Å². The van der Waals surface area contributed by atoms with Crippen LogP contribution in [0.2, 0.25) is 0 Å². The highest BCUT2D eigenvalue weighted by Crippen LogP contribution is 2.27. The lowest BCUT2D eigenvalue weighted by Crippen LogP contribution is -2.65. The number of ether oxygens (including phenoxy) is 1. The minimum absolute atomic E-state index is 0.0173. The number of β-lactam (4-membered cyclic amide) rings is 1. The minimum Gasteiger partial charge on any atom is -0.459 e. The third kappa shape index (κ3) is 5.00. The molecule has 9 heteroatoms. The Morgan fingerprint density at radius 2 is 1.78 bits per heavy atom. The molecule has 0 radical (unpaired) electrons. The molecule has 3 aromatic rings. The van der Waals surface area contributed by atoms with Crippen molar-refractivity contribution in [1.29, 1.82) is 0 Å². The van der Waals surface area contributed by atoms with Crippen molar-refractivity contribution >= 4 is 24.0 Å². The molecule has 36 heavy (non-hydrogen) atoms. The van der Waals surface area contributed by atoms with Gasteiger partial charge in [0.05, 0.1) is 12.1 Å². The number of carbonyl (C=O) groups excluding carboxylic acids is 3. The predicted octanol–water partition coefficient (Wildman–Crippen LogP) is 2.02. The molecule has 2 amide bonds. The molecule has 9 nitrogen and oxygen atoms in total. The average Bonchev–Trinajstić information content (AvgIpc) is 3.33. The Balaban J connectivity index is 1.29. The van der Waals surface area contributed by atoms with Crippen LogP contribution in [0.15, 0.2) is 78.2 Å². The van der Waals surface area contributed by atoms with Gasteiger partial charge >= 0.3 is 5.97 Å². The van der Waals surface area contributed by atoms with Crippen LogP contribution in [-0.4, -0.2) is 57.5 Å². The number of likely N-dealkylation sites (tertiary alicyclic amines) is 1. The number of aromatic nitrogens is 2. The van der Waals surface area contributed by atoms with Crippen LogP contribution < -0.4 is 5.32 Å². The van der Waals surface area contributed by atoms with E-state index in [-0.39, 0.29) is 43.8 Å². The summed E-state index contributed by atoms with van der Waals surface area (Å²) in [5, 5.41) is 2.91. The Bertz CT molecular complexity index is 1280. The third-order valence-corrected chi connectivity index (χ3v) is 6.35. The lowest BCUT2D eigenvalue weighted by atomic mass is 9.94. The summed E-state index contributed by atoms with van der Waals surface area (Å²) in [7, 11) is 0. The second-order valence-electron chi connectivity index (χ2n) is 8.72. The Labute approximate surface area is 208 Å². The van der Waals surface area contributed by atoms with Crippen LogP contribution in [-0.2, 0) is 32.1 Å². The van der Waals surface area contributed by atoms with E-state index in [1.807, 2.05) is 60.7 Å². The first-order valence-corrected chi connectivity index (χ1v) is 11.8. The van der Waals surface area contributed by atoms with E-state index in [1.165, 1.54) is 11.2 Å². The number of nitrogens with zero attached hydrogens (tertiary/aromatic N) is 4. The van der Waals surface area contributed by atoms with Gasteiger partial charge in [0.2, 0.25) is 11.8 Å². The van der Waals surface area contributed by atoms with Crippen molar-refractivity contribution < 1.29 is 19.1 Å². The first-order valence-electron chi connectivity index (χ1n) is 11.8. The van der Waals surface area contributed by atoms with Crippen molar-refractivity contribution in [2.75, 3.05) is 6.54 Å². The van der Waals surface area contributed by atoms with E-state index in [1.54, 1.807) is 12.4 Å². The summed E-state index contributed by atoms with van der Waals surface area (Å²) in [5.41, 5.74) is 3.29. The fraction of sp³-hybridized carbons (Fsp3) is 0.259. The molecule has 3 atom stereocenters. The number of benzene rings is 2. The van der Waals surface area contributed by atoms with E-state index in [0.717, 1.165) is 22.4 Å². The second kappa shape index (κ2) is 10.5. The van der Waals surface area contributed by atoms with Crippen LogP contribution in [0.25, 0.3) is 0 Å². The van der Waals surface area contributed by atoms with Crippen molar-refractivity contribution in [3.05, 3.63) is 95.6 Å². The van der Waals surface area contributed by atoms with Gasteiger partial charge in [-0.05, 0) is 11.1 Å². The van der Waals surface area contributed by atoms with Crippen molar-refractivity contribution in [2.45, 2.75) is 37.6 Å². The van der Waals surface area contributed by atoms with Crippen molar-refractivity contribution in [3.8, 4) is 0 Å². The smallest absolute Gasteiger partial charge is 0.329 e. The van der Waals surface area contributed by atoms with Crippen LogP contribution in [0.5, 0.6) is 0 Å². The highest BCUT2D eigenvalue weighted by atomic mass is 16.5. The maximum absolute atomic E-state index is 13.4. The fourth-order valence-electron chi connectivity index (χ4n) is 4.43. The summed E-state index contributed by atoms with van der Waals surface area (Å²) in [5.74, 6) is -1.13. The molecule has 2 aromatic carbocycles. The SMILES string of the molecule is O=C(NCC1N=Cc2cncnc21)C(Cc1ccccc1)N1C(=O)CC1C(=O)OCc1ccccc1. The Kier molecular flexibility index (Phi) is 6.79. The van der Waals surface area contributed by atoms with Gasteiger partial charge < -0.3 is 15.0 Å². The van der Waals surface area contributed by atoms with Crippen LogP contribution in [0.4, 0.5) is 0 Å². The van der Waals surface area contributed by atoms with E-state index >= 15 is 0 Å². The van der Waals surface area contributed by atoms with Crippen LogP contribution >= 0.6 is 0 Å². The second-order valence-corrected chi connectivity index (χ2v) is 8.72. The van der Waals surface area contributed by atoms with Crippen molar-refractivity contribution in [3.63, 3.8) is 0 Å². The van der Waals surface area contributed by atoms with Gasteiger partial charge in [0, 0.05) is 30.9 Å². The summed E-state index contributed by atoms with van der Waals surface area (Å²) in [6.45, 7) is 0.324. The number of aliphatic imine (C=N–C) groups is 1. The molecule has 1 N–H and O–H groups in total. The van der Waals surface area contributed by atoms with Crippen molar-refractivity contribution in [2.24, 2.45) is 4.99 Å². The molecular formula is C27H25N5O4. The molecule has 1 aromatic heterocycles. The molecule has 0 saturated carbocycles. The summed E-state index contributed by atoms with van der Waals surface area (Å²) in [4.78, 5) is 53.0. The fourth-order valence-corrected chi connectivity index (χ4v) is 4.43. The Morgan fingerprint density at radius 3 is 2.50 bits per heavy atom. The zero-order valence-electron chi connectivity index (χ0n) is 19.5. The molecule has 2 aliphatic heterocycles. The maximum atomic E-state index is 13.4. The van der Waals surface area contributed by atoms with Gasteiger partial charge in [-0.15, -0.1) is 0 Å². The Morgan fingerprint density at radius 1 is 1.06 bits per heavy atom. The lowest BCUT2D eigenvalue weighted by Gasteiger charge is -2.43. The number of amides is 2. The van der Waals surface area contributed by atoms with E-state index in [4.69, 9.17) is 4.74 Å². The number of hydrogen-bond donors (Lipinski definition) is 1. The number of carbonyl (C=O) groups is 3. The minimum atomic E-state index is -0.863. The number of hydrogen-bond acceptors (Lipinski definition) is 7. The number of fused-ring (bicyclic) bond motifs is 1. The van der Waals surface area contributed by atoms with Crippen molar-refractivity contribution in [1.82, 2.24) is 20.2 Å². The van der Waals surface area contributed by atoms with Gasteiger partial charge in [-0.3, -0.25) is 14.6 Å². The summed E-state index contributed by atoms with van der Waals surface area (Å²) < 4.78 is 5.47. The largest absolute Gasteiger partial charge is 0.459 e. The molecule has 3 unspecified atom stereocenters. The highest BCUT2D eigenvalue weighted by Gasteiger charge is 2.48. The van der Waals surface area contributed by atoms with Gasteiger partial charge in [0.1, 0.15) is 31.1 Å². The third-order valence-electron chi connectivity index (χ3n) is 6.35. The summed E-state index contributed by atoms with van der Waals surface area (Å²) in [6.07, 6.45) is 5.10. The van der Waals surface area contributed by atoms with Gasteiger partial charge in [0.25, 0.3) is 0 Å². The molecule has 182 valence electrons. The molecule has 1 fully saturated rings. The first kappa shape index (κ1) is 23.3. The molecule has 0 spiro atoms. The molecule has 5 rings (SSSR count). The molecule has 0 aliphatic carbocycles. The standard InChI is InChI=1S/C27H25N5O4/c33-24-12-23(27(35)36-16-19-9-5-2-6-10-19)32(24)22(11-18-7-3-1-4-8-18)26(34)30-15-21-25-20(14-29-21)13-28-17-31-25/h1-10,13-14,17,21-23H,11-12,15-16H2,(H,30,34). The zero-order chi connectivity index (χ0) is 24.9. The number of esters is 1. The summed E-state index contributed by atoms with van der Waals surface area (Å²) >= 11 is 0. The topological polar surface area (TPSA) is 114 Å². The zero-order valence-corrected chi connectivity index (χ0v) is 19.5. The van der Waals surface area contributed by atoms with Gasteiger partial charge in [-0.2, -0.15) is 0 Å². The Hall–Kier alpha value is -4.40. The molecule has 3 heterocycles. The van der Waals surface area contributed by atoms with E-state index in [2.05, 4.69) is 20.3 Å². The first-order chi connectivity index (χ1) is 17.6. The highest BCUT2D eigenvalue weighted by molar-refractivity contribution is 5.99. The van der Waals surface area contributed by atoms with Crippen LogP contribution in [0.3, 0.4) is 0 Å². The van der Waals surface area contributed by atoms with Gasteiger partial charge in [-0.25, -0.2) is 14.8 Å². The molecule has 0 bridgehead atoms. The van der Waals surface area contributed by atoms with E-state index in [0.29, 0.717) is 0 Å². The molecule has 2 aliphatic rings. The molecule has 1 saturated heterocycles.